The molecule has 0 fully saturated rings. The van der Waals surface area contributed by atoms with Gasteiger partial charge in [0.15, 0.2) is 0 Å². The summed E-state index contributed by atoms with van der Waals surface area (Å²) >= 11 is 0. The van der Waals surface area contributed by atoms with Crippen molar-refractivity contribution in [3.63, 3.8) is 0 Å². The zero-order valence-electron chi connectivity index (χ0n) is 10.2. The molecule has 1 aromatic carbocycles. The molecule has 0 atom stereocenters. The maximum absolute atomic E-state index is 11.5. The summed E-state index contributed by atoms with van der Waals surface area (Å²) in [7, 11) is 2.12. The molecular weight excluding hydrogens is 212 g/mol. The van der Waals surface area contributed by atoms with Crippen LogP contribution in [0.25, 0.3) is 10.9 Å². The number of hydrogen-bond acceptors (Lipinski definition) is 1. The van der Waals surface area contributed by atoms with Crippen LogP contribution in [0.3, 0.4) is 0 Å². The van der Waals surface area contributed by atoms with E-state index in [4.69, 9.17) is 0 Å². The van der Waals surface area contributed by atoms with Gasteiger partial charge in [0.05, 0.1) is 0 Å². The molecule has 3 nitrogen and oxygen atoms in total. The minimum Gasteiger partial charge on any atom is -0.347 e. The van der Waals surface area contributed by atoms with E-state index in [1.807, 2.05) is 4.90 Å². The maximum atomic E-state index is 11.5. The van der Waals surface area contributed by atoms with Crippen LogP contribution >= 0.6 is 0 Å². The van der Waals surface area contributed by atoms with Crippen LogP contribution in [-0.2, 0) is 24.8 Å². The van der Waals surface area contributed by atoms with Gasteiger partial charge < -0.3 is 9.47 Å². The molecule has 17 heavy (non-hydrogen) atoms. The number of benzene rings is 1. The monoisotopic (exact) mass is 228 g/mol. The van der Waals surface area contributed by atoms with Crippen molar-refractivity contribution in [3.8, 4) is 0 Å². The number of fused-ring (bicyclic) bond motifs is 3. The Morgan fingerprint density at radius 1 is 1.29 bits per heavy atom. The van der Waals surface area contributed by atoms with Crippen molar-refractivity contribution in [2.45, 2.75) is 19.9 Å². The second-order valence-electron chi connectivity index (χ2n) is 4.69. The first kappa shape index (κ1) is 10.4. The summed E-state index contributed by atoms with van der Waals surface area (Å²) in [5.74, 6) is 0.170. The largest absolute Gasteiger partial charge is 0.347 e. The Bertz CT molecular complexity index is 598. The molecule has 0 spiro atoms. The lowest BCUT2D eigenvalue weighted by Crippen LogP contribution is -2.34. The van der Waals surface area contributed by atoms with E-state index in [9.17, 15) is 4.79 Å². The molecular formula is C14H16N2O. The third kappa shape index (κ3) is 1.46. The minimum absolute atomic E-state index is 0.170. The lowest BCUT2D eigenvalue weighted by Gasteiger charge is -2.26. The number of aromatic nitrogens is 1. The van der Waals surface area contributed by atoms with Crippen molar-refractivity contribution in [3.05, 3.63) is 35.5 Å². The molecule has 2 heterocycles. The van der Waals surface area contributed by atoms with E-state index in [-0.39, 0.29) is 5.91 Å². The van der Waals surface area contributed by atoms with Crippen molar-refractivity contribution in [2.24, 2.45) is 7.05 Å². The van der Waals surface area contributed by atoms with Crippen LogP contribution in [0.1, 0.15) is 18.2 Å². The zero-order chi connectivity index (χ0) is 12.0. The van der Waals surface area contributed by atoms with Crippen LogP contribution in [0.5, 0.6) is 0 Å². The topological polar surface area (TPSA) is 25.2 Å². The molecule has 0 N–H and O–H groups in total. The minimum atomic E-state index is 0.170. The summed E-state index contributed by atoms with van der Waals surface area (Å²) < 4.78 is 2.27. The van der Waals surface area contributed by atoms with Gasteiger partial charge in [-0.2, -0.15) is 0 Å². The molecule has 1 aromatic heterocycles. The average Bonchev–Trinajstić information content (AvgIpc) is 2.64. The third-order valence-corrected chi connectivity index (χ3v) is 3.76. The summed E-state index contributed by atoms with van der Waals surface area (Å²) in [4.78, 5) is 13.4. The predicted molar refractivity (Wildman–Crippen MR) is 67.7 cm³/mol. The zero-order valence-corrected chi connectivity index (χ0v) is 10.2. The number of rotatable bonds is 0. The third-order valence-electron chi connectivity index (χ3n) is 3.76. The van der Waals surface area contributed by atoms with Crippen LogP contribution in [0.15, 0.2) is 24.3 Å². The van der Waals surface area contributed by atoms with Crippen molar-refractivity contribution in [1.29, 1.82) is 0 Å². The van der Waals surface area contributed by atoms with Crippen molar-refractivity contribution < 1.29 is 4.79 Å². The highest BCUT2D eigenvalue weighted by Gasteiger charge is 2.23. The highest BCUT2D eigenvalue weighted by Crippen LogP contribution is 2.29. The average molecular weight is 228 g/mol. The van der Waals surface area contributed by atoms with Gasteiger partial charge in [0, 0.05) is 55.6 Å². The lowest BCUT2D eigenvalue weighted by molar-refractivity contribution is -0.129. The van der Waals surface area contributed by atoms with E-state index in [2.05, 4.69) is 35.9 Å². The standard InChI is InChI=1S/C14H16N2O/c1-10(17)16-8-7-14-12(9-16)11-5-3-4-6-13(11)15(14)2/h3-6H,7-9H2,1-2H3. The second-order valence-corrected chi connectivity index (χ2v) is 4.69. The SMILES string of the molecule is CC(=O)N1CCc2c(c3ccccc3n2C)C1. The first-order valence-electron chi connectivity index (χ1n) is 5.99. The highest BCUT2D eigenvalue weighted by atomic mass is 16.2. The number of hydrogen-bond donors (Lipinski definition) is 0. The van der Waals surface area contributed by atoms with Gasteiger partial charge >= 0.3 is 0 Å². The second kappa shape index (κ2) is 3.62. The van der Waals surface area contributed by atoms with Crippen molar-refractivity contribution >= 4 is 16.8 Å². The van der Waals surface area contributed by atoms with Crippen LogP contribution in [0.2, 0.25) is 0 Å². The summed E-state index contributed by atoms with van der Waals surface area (Å²) in [6.45, 7) is 3.24. The predicted octanol–water partition coefficient (Wildman–Crippen LogP) is 2.08. The normalized spacial score (nSPS) is 15.1. The quantitative estimate of drug-likeness (QED) is 0.677. The molecule has 0 aliphatic carbocycles. The Hall–Kier alpha value is -1.77. The Morgan fingerprint density at radius 3 is 2.82 bits per heavy atom. The van der Waals surface area contributed by atoms with E-state index in [0.717, 1.165) is 19.5 Å². The Morgan fingerprint density at radius 2 is 2.06 bits per heavy atom. The van der Waals surface area contributed by atoms with Crippen molar-refractivity contribution in [1.82, 2.24) is 9.47 Å². The summed E-state index contributed by atoms with van der Waals surface area (Å²) in [6, 6.07) is 8.43. The molecule has 1 aliphatic heterocycles. The van der Waals surface area contributed by atoms with Gasteiger partial charge in [-0.05, 0) is 6.07 Å². The smallest absolute Gasteiger partial charge is 0.219 e. The van der Waals surface area contributed by atoms with Gasteiger partial charge in [0.1, 0.15) is 0 Å². The number of para-hydroxylation sites is 1. The van der Waals surface area contributed by atoms with Gasteiger partial charge in [-0.25, -0.2) is 0 Å². The van der Waals surface area contributed by atoms with E-state index in [1.54, 1.807) is 6.92 Å². The fraction of sp³-hybridized carbons (Fsp3) is 0.357. The van der Waals surface area contributed by atoms with E-state index >= 15 is 0 Å². The van der Waals surface area contributed by atoms with E-state index in [0.29, 0.717) is 0 Å². The molecule has 0 bridgehead atoms. The van der Waals surface area contributed by atoms with Gasteiger partial charge in [-0.15, -0.1) is 0 Å². The number of aryl methyl sites for hydroxylation is 1. The molecule has 0 saturated heterocycles. The van der Waals surface area contributed by atoms with Gasteiger partial charge in [0.25, 0.3) is 0 Å². The fourth-order valence-electron chi connectivity index (χ4n) is 2.80. The molecule has 1 amide bonds. The molecule has 0 saturated carbocycles. The summed E-state index contributed by atoms with van der Waals surface area (Å²) in [5.41, 5.74) is 3.97. The first-order chi connectivity index (χ1) is 8.18. The molecule has 2 aromatic rings. The van der Waals surface area contributed by atoms with Gasteiger partial charge in [-0.3, -0.25) is 4.79 Å². The van der Waals surface area contributed by atoms with E-state index < -0.39 is 0 Å². The lowest BCUT2D eigenvalue weighted by atomic mass is 10.0. The summed E-state index contributed by atoms with van der Waals surface area (Å²) in [6.07, 6.45) is 0.958. The molecule has 3 rings (SSSR count). The molecule has 3 heteroatoms. The first-order valence-corrected chi connectivity index (χ1v) is 5.99. The number of carbonyl (C=O) groups is 1. The van der Waals surface area contributed by atoms with Crippen LogP contribution in [-0.4, -0.2) is 21.9 Å². The van der Waals surface area contributed by atoms with Crippen LogP contribution in [0, 0.1) is 0 Å². The van der Waals surface area contributed by atoms with Crippen LogP contribution in [0.4, 0.5) is 0 Å². The van der Waals surface area contributed by atoms with Gasteiger partial charge in [0.2, 0.25) is 5.91 Å². The summed E-state index contributed by atoms with van der Waals surface area (Å²) in [5, 5.41) is 1.29. The molecule has 88 valence electrons. The maximum Gasteiger partial charge on any atom is 0.219 e. The number of nitrogens with zero attached hydrogens (tertiary/aromatic N) is 2. The van der Waals surface area contributed by atoms with E-state index in [1.165, 1.54) is 22.2 Å². The van der Waals surface area contributed by atoms with Gasteiger partial charge in [-0.1, -0.05) is 18.2 Å². The Labute approximate surface area is 101 Å². The molecule has 1 aliphatic rings. The highest BCUT2D eigenvalue weighted by molar-refractivity contribution is 5.86. The van der Waals surface area contributed by atoms with Crippen molar-refractivity contribution in [2.75, 3.05) is 6.54 Å². The number of amides is 1. The Kier molecular flexibility index (Phi) is 2.21. The van der Waals surface area contributed by atoms with Crippen LogP contribution < -0.4 is 0 Å². The molecule has 0 unspecified atom stereocenters. The number of carbonyl (C=O) groups excluding carboxylic acids is 1. The fourth-order valence-corrected chi connectivity index (χ4v) is 2.80. The molecule has 0 radical (unpaired) electrons. The Balaban J connectivity index is 2.18.